The fourth-order valence-electron chi connectivity index (χ4n) is 2.23. The molecule has 2 aromatic carbocycles. The van der Waals surface area contributed by atoms with E-state index < -0.39 is 11.5 Å². The van der Waals surface area contributed by atoms with Crippen LogP contribution in [-0.4, -0.2) is 16.3 Å². The normalized spacial score (nSPS) is 13.2. The van der Waals surface area contributed by atoms with Crippen LogP contribution in [0.3, 0.4) is 0 Å². The highest BCUT2D eigenvalue weighted by atomic mass is 19.1. The fraction of sp³-hybridized carbons (Fsp3) is 0.294. The summed E-state index contributed by atoms with van der Waals surface area (Å²) < 4.78 is 13.0. The van der Waals surface area contributed by atoms with Crippen molar-refractivity contribution in [3.05, 3.63) is 65.5 Å². The summed E-state index contributed by atoms with van der Waals surface area (Å²) in [6.45, 7) is 3.85. The van der Waals surface area contributed by atoms with Gasteiger partial charge < -0.3 is 10.2 Å². The van der Waals surface area contributed by atoms with Crippen molar-refractivity contribution < 1.29 is 14.6 Å². The first-order valence-corrected chi connectivity index (χ1v) is 6.61. The quantitative estimate of drug-likeness (QED) is 0.897. The lowest BCUT2D eigenvalue weighted by atomic mass is 9.77. The van der Waals surface area contributed by atoms with Gasteiger partial charge >= 0.3 is 0 Å². The summed E-state index contributed by atoms with van der Waals surface area (Å²) in [4.78, 5) is 0. The molecular weight excluding hydrogens is 255 g/mol. The Bertz CT molecular complexity index is 576. The standard InChI is InChI=1S/C17H19FO2/c1-17(2,13-6-8-14(18)9-7-13)16(20)11-12-4-3-5-15(19)10-12/h3-10,16,19-20H,11H2,1-2H3. The van der Waals surface area contributed by atoms with Gasteiger partial charge in [-0.15, -0.1) is 0 Å². The molecule has 2 nitrogen and oxygen atoms in total. The second-order valence-corrected chi connectivity index (χ2v) is 5.62. The number of benzene rings is 2. The molecule has 1 atom stereocenters. The number of hydrogen-bond donors (Lipinski definition) is 2. The molecule has 3 heteroatoms. The largest absolute Gasteiger partial charge is 0.508 e. The average Bonchev–Trinajstić information content (AvgIpc) is 2.39. The number of aliphatic hydroxyl groups excluding tert-OH is 1. The lowest BCUT2D eigenvalue weighted by Crippen LogP contribution is -2.35. The van der Waals surface area contributed by atoms with Gasteiger partial charge in [0, 0.05) is 5.41 Å². The smallest absolute Gasteiger partial charge is 0.123 e. The first-order valence-electron chi connectivity index (χ1n) is 6.61. The van der Waals surface area contributed by atoms with Crippen LogP contribution in [0.15, 0.2) is 48.5 Å². The lowest BCUT2D eigenvalue weighted by Gasteiger charge is -2.31. The third-order valence-corrected chi connectivity index (χ3v) is 3.76. The lowest BCUT2D eigenvalue weighted by molar-refractivity contribution is 0.0999. The van der Waals surface area contributed by atoms with Crippen LogP contribution >= 0.6 is 0 Å². The van der Waals surface area contributed by atoms with E-state index in [9.17, 15) is 14.6 Å². The van der Waals surface area contributed by atoms with Crippen LogP contribution < -0.4 is 0 Å². The summed E-state index contributed by atoms with van der Waals surface area (Å²) in [6, 6.07) is 13.1. The molecule has 0 radical (unpaired) electrons. The topological polar surface area (TPSA) is 40.5 Å². The van der Waals surface area contributed by atoms with E-state index in [0.717, 1.165) is 11.1 Å². The zero-order valence-electron chi connectivity index (χ0n) is 11.7. The summed E-state index contributed by atoms with van der Waals surface area (Å²) >= 11 is 0. The summed E-state index contributed by atoms with van der Waals surface area (Å²) in [5.41, 5.74) is 1.25. The molecule has 1 unspecified atom stereocenters. The predicted molar refractivity (Wildman–Crippen MR) is 77.2 cm³/mol. The molecule has 0 saturated heterocycles. The molecule has 106 valence electrons. The zero-order chi connectivity index (χ0) is 14.8. The van der Waals surface area contributed by atoms with E-state index in [-0.39, 0.29) is 11.6 Å². The van der Waals surface area contributed by atoms with E-state index in [1.54, 1.807) is 30.3 Å². The molecule has 0 aliphatic rings. The van der Waals surface area contributed by atoms with E-state index in [2.05, 4.69) is 0 Å². The molecule has 2 aromatic rings. The zero-order valence-corrected chi connectivity index (χ0v) is 11.7. The van der Waals surface area contributed by atoms with E-state index in [0.29, 0.717) is 6.42 Å². The Morgan fingerprint density at radius 1 is 1.10 bits per heavy atom. The molecule has 0 bridgehead atoms. The van der Waals surface area contributed by atoms with Crippen LogP contribution in [0.2, 0.25) is 0 Å². The second kappa shape index (κ2) is 5.63. The monoisotopic (exact) mass is 274 g/mol. The molecule has 0 heterocycles. The highest BCUT2D eigenvalue weighted by Crippen LogP contribution is 2.29. The molecule has 0 aliphatic carbocycles. The van der Waals surface area contributed by atoms with Crippen molar-refractivity contribution in [3.8, 4) is 5.75 Å². The van der Waals surface area contributed by atoms with Crippen molar-refractivity contribution >= 4 is 0 Å². The Hall–Kier alpha value is -1.87. The van der Waals surface area contributed by atoms with E-state index in [1.165, 1.54) is 12.1 Å². The number of phenolic OH excluding ortho intramolecular Hbond substituents is 1. The molecule has 0 saturated carbocycles. The van der Waals surface area contributed by atoms with Crippen molar-refractivity contribution in [1.29, 1.82) is 0 Å². The number of phenols is 1. The fourth-order valence-corrected chi connectivity index (χ4v) is 2.23. The maximum absolute atomic E-state index is 13.0. The molecule has 0 aliphatic heterocycles. The molecule has 0 fully saturated rings. The van der Waals surface area contributed by atoms with E-state index in [1.807, 2.05) is 19.9 Å². The highest BCUT2D eigenvalue weighted by molar-refractivity contribution is 5.30. The number of hydrogen-bond acceptors (Lipinski definition) is 2. The maximum atomic E-state index is 13.0. The summed E-state index contributed by atoms with van der Waals surface area (Å²) in [6.07, 6.45) is -0.201. The van der Waals surface area contributed by atoms with Gasteiger partial charge in [-0.3, -0.25) is 0 Å². The van der Waals surface area contributed by atoms with Crippen molar-refractivity contribution in [2.24, 2.45) is 0 Å². The number of halogens is 1. The van der Waals surface area contributed by atoms with Gasteiger partial charge in [0.15, 0.2) is 0 Å². The highest BCUT2D eigenvalue weighted by Gasteiger charge is 2.29. The van der Waals surface area contributed by atoms with Crippen LogP contribution in [-0.2, 0) is 11.8 Å². The average molecular weight is 274 g/mol. The van der Waals surface area contributed by atoms with Crippen LogP contribution in [0.1, 0.15) is 25.0 Å². The molecule has 0 aromatic heterocycles. The predicted octanol–water partition coefficient (Wildman–Crippen LogP) is 3.41. The van der Waals surface area contributed by atoms with Crippen LogP contribution in [0, 0.1) is 5.82 Å². The van der Waals surface area contributed by atoms with Crippen LogP contribution in [0.5, 0.6) is 5.75 Å². The molecule has 2 N–H and O–H groups in total. The molecule has 0 amide bonds. The Labute approximate surface area is 118 Å². The molecule has 2 rings (SSSR count). The third-order valence-electron chi connectivity index (χ3n) is 3.76. The van der Waals surface area contributed by atoms with Gasteiger partial charge in [-0.25, -0.2) is 4.39 Å². The van der Waals surface area contributed by atoms with E-state index >= 15 is 0 Å². The minimum atomic E-state index is -0.630. The SMILES string of the molecule is CC(C)(c1ccc(F)cc1)C(O)Cc1cccc(O)c1. The van der Waals surface area contributed by atoms with Gasteiger partial charge in [0.25, 0.3) is 0 Å². The molecule has 20 heavy (non-hydrogen) atoms. The van der Waals surface area contributed by atoms with Gasteiger partial charge in [0.2, 0.25) is 0 Å². The first-order chi connectivity index (χ1) is 9.39. The summed E-state index contributed by atoms with van der Waals surface area (Å²) in [5, 5.41) is 19.9. The van der Waals surface area contributed by atoms with Crippen molar-refractivity contribution in [3.63, 3.8) is 0 Å². The molecular formula is C17H19FO2. The summed E-state index contributed by atoms with van der Waals surface area (Å²) in [5.74, 6) is -0.0960. The number of aliphatic hydroxyl groups is 1. The van der Waals surface area contributed by atoms with Crippen molar-refractivity contribution in [2.75, 3.05) is 0 Å². The Kier molecular flexibility index (Phi) is 4.09. The van der Waals surface area contributed by atoms with Crippen molar-refractivity contribution in [1.82, 2.24) is 0 Å². The third kappa shape index (κ3) is 3.17. The van der Waals surface area contributed by atoms with Gasteiger partial charge in [-0.05, 0) is 41.8 Å². The van der Waals surface area contributed by atoms with Gasteiger partial charge in [0.05, 0.1) is 6.10 Å². The molecule has 0 spiro atoms. The Morgan fingerprint density at radius 2 is 1.75 bits per heavy atom. The van der Waals surface area contributed by atoms with Gasteiger partial charge in [-0.2, -0.15) is 0 Å². The van der Waals surface area contributed by atoms with Crippen molar-refractivity contribution in [2.45, 2.75) is 31.8 Å². The van der Waals surface area contributed by atoms with Gasteiger partial charge in [0.1, 0.15) is 11.6 Å². The minimum absolute atomic E-state index is 0.189. The van der Waals surface area contributed by atoms with Crippen LogP contribution in [0.25, 0.3) is 0 Å². The first kappa shape index (κ1) is 14.5. The second-order valence-electron chi connectivity index (χ2n) is 5.62. The Morgan fingerprint density at radius 3 is 2.35 bits per heavy atom. The van der Waals surface area contributed by atoms with Gasteiger partial charge in [-0.1, -0.05) is 38.1 Å². The maximum Gasteiger partial charge on any atom is 0.123 e. The Balaban J connectivity index is 2.18. The summed E-state index contributed by atoms with van der Waals surface area (Å²) in [7, 11) is 0. The minimum Gasteiger partial charge on any atom is -0.508 e. The van der Waals surface area contributed by atoms with E-state index in [4.69, 9.17) is 0 Å². The number of rotatable bonds is 4. The van der Waals surface area contributed by atoms with Crippen LogP contribution in [0.4, 0.5) is 4.39 Å². The number of aromatic hydroxyl groups is 1.